The van der Waals surface area contributed by atoms with Gasteiger partial charge in [-0.15, -0.1) is 0 Å². The van der Waals surface area contributed by atoms with Gasteiger partial charge in [0, 0.05) is 39.3 Å². The summed E-state index contributed by atoms with van der Waals surface area (Å²) in [5.41, 5.74) is 6.74. The van der Waals surface area contributed by atoms with Crippen molar-refractivity contribution in [2.45, 2.75) is 19.0 Å². The quantitative estimate of drug-likeness (QED) is 0.882. The Balaban J connectivity index is 1.90. The van der Waals surface area contributed by atoms with Crippen molar-refractivity contribution >= 4 is 5.91 Å². The molecule has 0 saturated carbocycles. The number of amides is 1. The number of carbonyl (C=O) groups is 1. The highest BCUT2D eigenvalue weighted by molar-refractivity contribution is 5.81. The van der Waals surface area contributed by atoms with Gasteiger partial charge in [-0.25, -0.2) is 4.39 Å². The molecule has 2 unspecified atom stereocenters. The number of ether oxygens (including phenoxy) is 1. The minimum atomic E-state index is -0.600. The van der Waals surface area contributed by atoms with Crippen molar-refractivity contribution in [3.63, 3.8) is 0 Å². The molecular weight excluding hydrogens is 285 g/mol. The molecule has 1 fully saturated rings. The molecule has 122 valence electrons. The standard InChI is InChI=1S/C16H24FN3O2/c1-12(13-4-3-5-14(17)10-13)19-6-8-20(9-7-19)16(21)15(18)11-22-2/h3-5,10,12,15H,6-9,11,18H2,1-2H3. The Hall–Kier alpha value is -1.50. The van der Waals surface area contributed by atoms with Gasteiger partial charge in [-0.3, -0.25) is 9.69 Å². The molecule has 1 aromatic carbocycles. The summed E-state index contributed by atoms with van der Waals surface area (Å²) in [5, 5.41) is 0. The molecule has 1 aliphatic rings. The predicted molar refractivity (Wildman–Crippen MR) is 82.8 cm³/mol. The van der Waals surface area contributed by atoms with Crippen LogP contribution in [0.5, 0.6) is 0 Å². The zero-order chi connectivity index (χ0) is 16.1. The zero-order valence-corrected chi connectivity index (χ0v) is 13.2. The summed E-state index contributed by atoms with van der Waals surface area (Å²) in [7, 11) is 1.53. The second-order valence-corrected chi connectivity index (χ2v) is 5.65. The van der Waals surface area contributed by atoms with Crippen LogP contribution in [0, 0.1) is 5.82 Å². The molecule has 2 rings (SSSR count). The van der Waals surface area contributed by atoms with Crippen molar-refractivity contribution in [2.75, 3.05) is 39.9 Å². The Kier molecular flexibility index (Phi) is 5.88. The molecule has 1 aromatic rings. The van der Waals surface area contributed by atoms with Crippen molar-refractivity contribution in [2.24, 2.45) is 5.73 Å². The van der Waals surface area contributed by atoms with Crippen LogP contribution in [0.4, 0.5) is 4.39 Å². The first-order valence-corrected chi connectivity index (χ1v) is 7.55. The summed E-state index contributed by atoms with van der Waals surface area (Å²) in [4.78, 5) is 16.2. The first-order chi connectivity index (χ1) is 10.5. The van der Waals surface area contributed by atoms with Crippen LogP contribution in [0.1, 0.15) is 18.5 Å². The van der Waals surface area contributed by atoms with E-state index in [9.17, 15) is 9.18 Å². The maximum Gasteiger partial charge on any atom is 0.241 e. The molecule has 0 bridgehead atoms. The van der Waals surface area contributed by atoms with E-state index in [-0.39, 0.29) is 24.4 Å². The number of carbonyl (C=O) groups excluding carboxylic acids is 1. The molecule has 0 radical (unpaired) electrons. The highest BCUT2D eigenvalue weighted by Gasteiger charge is 2.27. The van der Waals surface area contributed by atoms with Gasteiger partial charge in [-0.05, 0) is 24.6 Å². The smallest absolute Gasteiger partial charge is 0.241 e. The Morgan fingerprint density at radius 3 is 2.64 bits per heavy atom. The van der Waals surface area contributed by atoms with E-state index in [2.05, 4.69) is 11.8 Å². The first-order valence-electron chi connectivity index (χ1n) is 7.55. The Labute approximate surface area is 130 Å². The van der Waals surface area contributed by atoms with E-state index < -0.39 is 6.04 Å². The lowest BCUT2D eigenvalue weighted by Crippen LogP contribution is -2.54. The molecule has 1 amide bonds. The van der Waals surface area contributed by atoms with Gasteiger partial charge in [0.05, 0.1) is 6.61 Å². The van der Waals surface area contributed by atoms with Gasteiger partial charge in [-0.2, -0.15) is 0 Å². The highest BCUT2D eigenvalue weighted by atomic mass is 19.1. The van der Waals surface area contributed by atoms with Gasteiger partial charge in [0.15, 0.2) is 0 Å². The number of piperazine rings is 1. The summed E-state index contributed by atoms with van der Waals surface area (Å²) in [5.74, 6) is -0.288. The molecule has 5 nitrogen and oxygen atoms in total. The molecule has 0 aromatic heterocycles. The minimum Gasteiger partial charge on any atom is -0.383 e. The van der Waals surface area contributed by atoms with Crippen LogP contribution >= 0.6 is 0 Å². The van der Waals surface area contributed by atoms with Crippen molar-refractivity contribution in [3.05, 3.63) is 35.6 Å². The lowest BCUT2D eigenvalue weighted by atomic mass is 10.1. The molecular formula is C16H24FN3O2. The average Bonchev–Trinajstić information content (AvgIpc) is 2.54. The fraction of sp³-hybridized carbons (Fsp3) is 0.562. The summed E-state index contributed by atoms with van der Waals surface area (Å²) in [6, 6.07) is 6.20. The second-order valence-electron chi connectivity index (χ2n) is 5.65. The Morgan fingerprint density at radius 2 is 2.05 bits per heavy atom. The van der Waals surface area contributed by atoms with Crippen LogP contribution in [0.2, 0.25) is 0 Å². The third kappa shape index (κ3) is 4.03. The third-order valence-corrected chi connectivity index (χ3v) is 4.17. The maximum atomic E-state index is 13.3. The number of rotatable bonds is 5. The van der Waals surface area contributed by atoms with E-state index in [4.69, 9.17) is 10.5 Å². The molecule has 6 heteroatoms. The summed E-state index contributed by atoms with van der Waals surface area (Å²) < 4.78 is 18.3. The van der Waals surface area contributed by atoms with E-state index in [0.29, 0.717) is 13.1 Å². The van der Waals surface area contributed by atoms with E-state index in [0.717, 1.165) is 18.7 Å². The SMILES string of the molecule is COCC(N)C(=O)N1CCN(C(C)c2cccc(F)c2)CC1. The monoisotopic (exact) mass is 309 g/mol. The highest BCUT2D eigenvalue weighted by Crippen LogP contribution is 2.22. The van der Waals surface area contributed by atoms with Gasteiger partial charge < -0.3 is 15.4 Å². The fourth-order valence-electron chi connectivity index (χ4n) is 2.79. The van der Waals surface area contributed by atoms with Gasteiger partial charge in [0.2, 0.25) is 5.91 Å². The fourth-order valence-corrected chi connectivity index (χ4v) is 2.79. The maximum absolute atomic E-state index is 13.3. The first kappa shape index (κ1) is 16.9. The summed E-state index contributed by atoms with van der Waals surface area (Å²) >= 11 is 0. The number of nitrogens with two attached hydrogens (primary N) is 1. The summed E-state index contributed by atoms with van der Waals surface area (Å²) in [6.07, 6.45) is 0. The molecule has 0 spiro atoms. The van der Waals surface area contributed by atoms with Gasteiger partial charge in [0.25, 0.3) is 0 Å². The van der Waals surface area contributed by atoms with Crippen LogP contribution in [-0.2, 0) is 9.53 Å². The molecule has 2 atom stereocenters. The number of methoxy groups -OCH3 is 1. The molecule has 1 heterocycles. The number of benzene rings is 1. The minimum absolute atomic E-state index is 0.0695. The zero-order valence-electron chi connectivity index (χ0n) is 13.2. The Morgan fingerprint density at radius 1 is 1.36 bits per heavy atom. The van der Waals surface area contributed by atoms with Gasteiger partial charge in [0.1, 0.15) is 11.9 Å². The number of nitrogens with zero attached hydrogens (tertiary/aromatic N) is 2. The van der Waals surface area contributed by atoms with Crippen LogP contribution in [0.25, 0.3) is 0 Å². The lowest BCUT2D eigenvalue weighted by Gasteiger charge is -2.39. The predicted octanol–water partition coefficient (Wildman–Crippen LogP) is 1.00. The molecule has 22 heavy (non-hydrogen) atoms. The average molecular weight is 309 g/mol. The largest absolute Gasteiger partial charge is 0.383 e. The molecule has 1 saturated heterocycles. The van der Waals surface area contributed by atoms with Crippen molar-refractivity contribution in [1.29, 1.82) is 0 Å². The lowest BCUT2D eigenvalue weighted by molar-refractivity contribution is -0.135. The second kappa shape index (κ2) is 7.67. The van der Waals surface area contributed by atoms with E-state index in [1.54, 1.807) is 17.0 Å². The molecule has 1 aliphatic heterocycles. The number of hydrogen-bond acceptors (Lipinski definition) is 4. The van der Waals surface area contributed by atoms with Crippen LogP contribution in [0.15, 0.2) is 24.3 Å². The van der Waals surface area contributed by atoms with E-state index in [1.807, 2.05) is 6.07 Å². The van der Waals surface area contributed by atoms with Crippen molar-refractivity contribution < 1.29 is 13.9 Å². The van der Waals surface area contributed by atoms with Gasteiger partial charge in [-0.1, -0.05) is 12.1 Å². The van der Waals surface area contributed by atoms with Crippen LogP contribution in [-0.4, -0.2) is 61.6 Å². The number of hydrogen-bond donors (Lipinski definition) is 1. The van der Waals surface area contributed by atoms with E-state index in [1.165, 1.54) is 13.2 Å². The van der Waals surface area contributed by atoms with Crippen molar-refractivity contribution in [3.8, 4) is 0 Å². The summed E-state index contributed by atoms with van der Waals surface area (Å²) in [6.45, 7) is 5.07. The topological polar surface area (TPSA) is 58.8 Å². The van der Waals surface area contributed by atoms with Crippen LogP contribution in [0.3, 0.4) is 0 Å². The van der Waals surface area contributed by atoms with Crippen molar-refractivity contribution in [1.82, 2.24) is 9.80 Å². The van der Waals surface area contributed by atoms with E-state index >= 15 is 0 Å². The Bertz CT molecular complexity index is 504. The third-order valence-electron chi connectivity index (χ3n) is 4.17. The normalized spacial score (nSPS) is 19.0. The van der Waals surface area contributed by atoms with Gasteiger partial charge >= 0.3 is 0 Å². The molecule has 2 N–H and O–H groups in total. The van der Waals surface area contributed by atoms with Crippen LogP contribution < -0.4 is 5.73 Å². The number of halogens is 1. The molecule has 0 aliphatic carbocycles.